The van der Waals surface area contributed by atoms with E-state index in [1.807, 2.05) is 37.4 Å². The zero-order chi connectivity index (χ0) is 13.7. The topological polar surface area (TPSA) is 43.5 Å². The number of halogens is 1. The molecule has 0 aliphatic heterocycles. The number of H-pyrrole nitrogens is 1. The number of fused-ring (bicyclic) bond motifs is 4. The normalized spacial score (nSPS) is 10.7. The molecular formula is C17H12ClN3. The number of nitrogens with zero attached hydrogens (tertiary/aromatic N) is 2. The van der Waals surface area contributed by atoms with Gasteiger partial charge in [0.25, 0.3) is 5.65 Å². The molecule has 2 aromatic heterocycles. The molecule has 0 fully saturated rings. The van der Waals surface area contributed by atoms with Crippen LogP contribution in [0.5, 0.6) is 0 Å². The van der Waals surface area contributed by atoms with Crippen LogP contribution in [-0.2, 0) is 7.05 Å². The Hall–Kier alpha value is -2.57. The van der Waals surface area contributed by atoms with Gasteiger partial charge in [0.05, 0.1) is 24.1 Å². The van der Waals surface area contributed by atoms with Crippen LogP contribution in [0.15, 0.2) is 48.5 Å². The Labute approximate surface area is 127 Å². The van der Waals surface area contributed by atoms with Crippen LogP contribution in [0.1, 0.15) is 5.56 Å². The Morgan fingerprint density at radius 1 is 1.05 bits per heavy atom. The number of nitriles is 1. The summed E-state index contributed by atoms with van der Waals surface area (Å²) in [4.78, 5) is 3.46. The van der Waals surface area contributed by atoms with Crippen LogP contribution >= 0.6 is 0 Å². The summed E-state index contributed by atoms with van der Waals surface area (Å²) in [5, 5.41) is 12.5. The summed E-state index contributed by atoms with van der Waals surface area (Å²) in [7, 11) is 2.05. The number of rotatable bonds is 0. The highest BCUT2D eigenvalue weighted by atomic mass is 35.5. The van der Waals surface area contributed by atoms with Crippen LogP contribution in [0, 0.1) is 11.3 Å². The van der Waals surface area contributed by atoms with E-state index in [1.165, 1.54) is 10.8 Å². The monoisotopic (exact) mass is 293 g/mol. The van der Waals surface area contributed by atoms with Gasteiger partial charge >= 0.3 is 0 Å². The van der Waals surface area contributed by atoms with Crippen LogP contribution in [-0.4, -0.2) is 4.98 Å². The van der Waals surface area contributed by atoms with Gasteiger partial charge in [-0.2, -0.15) is 5.26 Å². The molecule has 2 aromatic carbocycles. The lowest BCUT2D eigenvalue weighted by molar-refractivity contribution is -0.619. The van der Waals surface area contributed by atoms with E-state index in [0.717, 1.165) is 22.1 Å². The van der Waals surface area contributed by atoms with Gasteiger partial charge in [-0.1, -0.05) is 12.1 Å². The van der Waals surface area contributed by atoms with Crippen molar-refractivity contribution in [3.8, 4) is 6.07 Å². The van der Waals surface area contributed by atoms with Crippen molar-refractivity contribution in [1.82, 2.24) is 4.98 Å². The molecule has 3 nitrogen and oxygen atoms in total. The first-order valence-electron chi connectivity index (χ1n) is 6.51. The Bertz CT molecular complexity index is 1020. The van der Waals surface area contributed by atoms with E-state index < -0.39 is 0 Å². The van der Waals surface area contributed by atoms with Crippen molar-refractivity contribution in [3.63, 3.8) is 0 Å². The zero-order valence-electron chi connectivity index (χ0n) is 11.4. The van der Waals surface area contributed by atoms with Crippen molar-refractivity contribution >= 4 is 32.8 Å². The molecule has 0 spiro atoms. The largest absolute Gasteiger partial charge is 1.00 e. The van der Waals surface area contributed by atoms with E-state index >= 15 is 0 Å². The zero-order valence-corrected chi connectivity index (χ0v) is 12.1. The van der Waals surface area contributed by atoms with Gasteiger partial charge in [-0.3, -0.25) is 0 Å². The second-order valence-corrected chi connectivity index (χ2v) is 5.02. The van der Waals surface area contributed by atoms with Crippen molar-refractivity contribution in [2.24, 2.45) is 7.05 Å². The number of hydrogen-bond donors (Lipinski definition) is 1. The van der Waals surface area contributed by atoms with E-state index in [9.17, 15) is 0 Å². The summed E-state index contributed by atoms with van der Waals surface area (Å²) in [5.74, 6) is 0. The van der Waals surface area contributed by atoms with E-state index in [4.69, 9.17) is 5.26 Å². The number of aryl methyl sites for hydroxylation is 1. The maximum Gasteiger partial charge on any atom is 0.287 e. The first-order valence-corrected chi connectivity index (χ1v) is 6.51. The molecule has 2 heterocycles. The van der Waals surface area contributed by atoms with Crippen molar-refractivity contribution < 1.29 is 17.0 Å². The lowest BCUT2D eigenvalue weighted by Gasteiger charge is -2.01. The molecule has 0 atom stereocenters. The van der Waals surface area contributed by atoms with Crippen LogP contribution in [0.4, 0.5) is 0 Å². The highest BCUT2D eigenvalue weighted by molar-refractivity contribution is 6.07. The SMILES string of the molecule is C[n+]1c2ccc(C#N)cc2cc2c3ccccc3[nH]c21.[Cl-]. The molecule has 4 aromatic rings. The molecule has 0 saturated heterocycles. The van der Waals surface area contributed by atoms with Crippen molar-refractivity contribution in [2.75, 3.05) is 0 Å². The molecule has 4 rings (SSSR count). The quantitative estimate of drug-likeness (QED) is 0.462. The van der Waals surface area contributed by atoms with Crippen molar-refractivity contribution in [1.29, 1.82) is 5.26 Å². The summed E-state index contributed by atoms with van der Waals surface area (Å²) in [6.45, 7) is 0. The fourth-order valence-electron chi connectivity index (χ4n) is 2.88. The summed E-state index contributed by atoms with van der Waals surface area (Å²) < 4.78 is 2.14. The Morgan fingerprint density at radius 3 is 2.67 bits per heavy atom. The molecule has 102 valence electrons. The lowest BCUT2D eigenvalue weighted by atomic mass is 10.1. The van der Waals surface area contributed by atoms with Gasteiger partial charge < -0.3 is 12.4 Å². The van der Waals surface area contributed by atoms with E-state index in [0.29, 0.717) is 5.56 Å². The van der Waals surface area contributed by atoms with Gasteiger partial charge in [-0.15, -0.1) is 0 Å². The van der Waals surface area contributed by atoms with Crippen molar-refractivity contribution in [2.45, 2.75) is 0 Å². The molecule has 1 N–H and O–H groups in total. The highest BCUT2D eigenvalue weighted by Gasteiger charge is 2.15. The third kappa shape index (κ3) is 1.84. The molecule has 21 heavy (non-hydrogen) atoms. The minimum Gasteiger partial charge on any atom is -1.00 e. The summed E-state index contributed by atoms with van der Waals surface area (Å²) in [6.07, 6.45) is 0. The number of aromatic amines is 1. The van der Waals surface area contributed by atoms with Gasteiger partial charge in [0, 0.05) is 10.8 Å². The number of hydrogen-bond acceptors (Lipinski definition) is 1. The molecule has 0 radical (unpaired) electrons. The first kappa shape index (κ1) is 13.4. The van der Waals surface area contributed by atoms with Crippen LogP contribution in [0.2, 0.25) is 0 Å². The molecule has 0 amide bonds. The van der Waals surface area contributed by atoms with Gasteiger partial charge in [-0.25, -0.2) is 9.55 Å². The number of nitrogens with one attached hydrogen (secondary N) is 1. The lowest BCUT2D eigenvalue weighted by Crippen LogP contribution is -3.00. The second kappa shape index (κ2) is 4.76. The van der Waals surface area contributed by atoms with Crippen LogP contribution in [0.25, 0.3) is 32.8 Å². The third-order valence-corrected chi connectivity index (χ3v) is 3.88. The van der Waals surface area contributed by atoms with Gasteiger partial charge in [0.15, 0.2) is 0 Å². The minimum absolute atomic E-state index is 0. The fraction of sp³-hybridized carbons (Fsp3) is 0.0588. The molecule has 0 saturated carbocycles. The average molecular weight is 294 g/mol. The van der Waals surface area contributed by atoms with E-state index in [2.05, 4.69) is 33.8 Å². The fourth-order valence-corrected chi connectivity index (χ4v) is 2.88. The predicted molar refractivity (Wildman–Crippen MR) is 79.2 cm³/mol. The summed E-state index contributed by atoms with van der Waals surface area (Å²) in [6, 6.07) is 18.4. The molecule has 0 aliphatic carbocycles. The Balaban J connectivity index is 0.00000132. The van der Waals surface area contributed by atoms with Gasteiger partial charge in [0.1, 0.15) is 11.0 Å². The van der Waals surface area contributed by atoms with Gasteiger partial charge in [0.2, 0.25) is 0 Å². The van der Waals surface area contributed by atoms with Crippen LogP contribution in [0.3, 0.4) is 0 Å². The van der Waals surface area contributed by atoms with E-state index in [-0.39, 0.29) is 12.4 Å². The van der Waals surface area contributed by atoms with E-state index in [1.54, 1.807) is 0 Å². The maximum absolute atomic E-state index is 9.05. The molecule has 0 aliphatic rings. The standard InChI is InChI=1S/C17H11N3.ClH/c1-20-16-7-6-11(10-18)8-12(16)9-14-13-4-2-3-5-15(13)19-17(14)20;/h2-9H,1H3;1H. The first-order chi connectivity index (χ1) is 9.78. The number of para-hydroxylation sites is 1. The predicted octanol–water partition coefficient (Wildman–Crippen LogP) is 0.174. The Morgan fingerprint density at radius 2 is 1.86 bits per heavy atom. The van der Waals surface area contributed by atoms with Gasteiger partial charge in [-0.05, 0) is 36.4 Å². The number of pyridine rings is 1. The average Bonchev–Trinajstić information content (AvgIpc) is 2.86. The summed E-state index contributed by atoms with van der Waals surface area (Å²) >= 11 is 0. The van der Waals surface area contributed by atoms with Crippen molar-refractivity contribution in [3.05, 3.63) is 54.1 Å². The molecular weight excluding hydrogens is 282 g/mol. The number of aromatic nitrogens is 2. The highest BCUT2D eigenvalue weighted by Crippen LogP contribution is 2.26. The summed E-state index contributed by atoms with van der Waals surface area (Å²) in [5.41, 5.74) is 4.04. The second-order valence-electron chi connectivity index (χ2n) is 5.02. The third-order valence-electron chi connectivity index (χ3n) is 3.88. The smallest absolute Gasteiger partial charge is 0.287 e. The Kier molecular flexibility index (Phi) is 3.04. The minimum atomic E-state index is 0. The van der Waals surface area contributed by atoms with Crippen LogP contribution < -0.4 is 17.0 Å². The molecule has 0 unspecified atom stereocenters. The molecule has 4 heteroatoms. The molecule has 0 bridgehead atoms. The maximum atomic E-state index is 9.05. The number of benzene rings is 2.